The van der Waals surface area contributed by atoms with Gasteiger partial charge in [0.2, 0.25) is 44.8 Å². The molecule has 0 unspecified atom stereocenters. The molecule has 0 amide bonds. The number of fused-ring (bicyclic) bond motifs is 4. The molecule has 0 fully saturated rings. The van der Waals surface area contributed by atoms with Gasteiger partial charge in [-0.3, -0.25) is 15.0 Å². The summed E-state index contributed by atoms with van der Waals surface area (Å²) in [7, 11) is 8.60. The second-order valence-electron chi connectivity index (χ2n) is 27.9. The van der Waals surface area contributed by atoms with Crippen LogP contribution < -0.4 is 18.3 Å². The molecule has 16 aromatic rings. The van der Waals surface area contributed by atoms with E-state index >= 15 is 0 Å². The Kier molecular flexibility index (Phi) is 20.5. The lowest BCUT2D eigenvalue weighted by atomic mass is 9.95. The summed E-state index contributed by atoms with van der Waals surface area (Å²) in [5.41, 5.74) is 39.9. The van der Waals surface area contributed by atoms with Crippen molar-refractivity contribution in [3.8, 4) is 89.8 Å². The maximum Gasteiger partial charge on any atom is 0.213 e. The van der Waals surface area contributed by atoms with E-state index in [1.807, 2.05) is 55.2 Å². The van der Waals surface area contributed by atoms with E-state index in [2.05, 4.69) is 349 Å². The summed E-state index contributed by atoms with van der Waals surface area (Å²) in [4.78, 5) is 21.4. The standard InChI is InChI=1S/3C24H23N2.C23H22N3/c1-16-13-17(2)18(3)22(14-16)24-11-10-21-20(19-7-6-12-25-15-19)8-5-9-23(21)26(24)4;1-16-14-17(2)18(3)21(15-16)24-12-11-20-19(22-9-5-6-13-25-22)8-7-10-23(20)26(24)4;1-16-14-17(2)18(3)22(15-16)24-9-8-21-20(19-10-12-25-13-11-19)6-5-7-23(21)26(24)4;1-15-12-16(2)17(3)20(13-15)23-9-8-19-18(21-10-11-24-14-25-21)6-5-7-22(19)26(23)4/h3*5-15H,1-4H3;5-14H,1-4H3/q4*+1. The van der Waals surface area contributed by atoms with Gasteiger partial charge in [0.15, 0.2) is 0 Å². The highest BCUT2D eigenvalue weighted by atomic mass is 15.0. The minimum absolute atomic E-state index is 0.945. The number of pyridine rings is 7. The lowest BCUT2D eigenvalue weighted by Crippen LogP contribution is -2.32. The largest absolute Gasteiger partial charge is 0.265 e. The number of aromatic nitrogens is 9. The van der Waals surface area contributed by atoms with Crippen molar-refractivity contribution in [2.75, 3.05) is 0 Å². The Morgan fingerprint density at radius 1 is 0.240 bits per heavy atom. The van der Waals surface area contributed by atoms with Crippen LogP contribution in [0, 0.1) is 83.1 Å². The second-order valence-corrected chi connectivity index (χ2v) is 27.9. The van der Waals surface area contributed by atoms with Crippen molar-refractivity contribution in [3.05, 3.63) is 329 Å². The van der Waals surface area contributed by atoms with Crippen molar-refractivity contribution in [2.24, 2.45) is 28.2 Å². The summed E-state index contributed by atoms with van der Waals surface area (Å²) in [5, 5.41) is 4.92. The van der Waals surface area contributed by atoms with Gasteiger partial charge in [0.1, 0.15) is 34.5 Å². The van der Waals surface area contributed by atoms with E-state index in [0.717, 1.165) is 22.5 Å². The monoisotopic (exact) mass is 1360 g/mol. The second kappa shape index (κ2) is 30.2. The van der Waals surface area contributed by atoms with Crippen LogP contribution in [-0.2, 0) is 28.2 Å². The van der Waals surface area contributed by atoms with E-state index in [-0.39, 0.29) is 0 Å². The zero-order chi connectivity index (χ0) is 73.0. The average molecular weight is 1360 g/mol. The molecular formula is C95H91N9+4. The molecule has 0 radical (unpaired) electrons. The van der Waals surface area contributed by atoms with Crippen molar-refractivity contribution < 1.29 is 18.3 Å². The van der Waals surface area contributed by atoms with Crippen LogP contribution in [0.4, 0.5) is 0 Å². The van der Waals surface area contributed by atoms with E-state index < -0.39 is 0 Å². The molecule has 8 aromatic carbocycles. The molecule has 0 saturated carbocycles. The Morgan fingerprint density at radius 3 is 0.942 bits per heavy atom. The molecule has 0 aliphatic rings. The summed E-state index contributed by atoms with van der Waals surface area (Å²) in [5.74, 6) is 0. The predicted molar refractivity (Wildman–Crippen MR) is 430 cm³/mol. The molecule has 9 nitrogen and oxygen atoms in total. The minimum Gasteiger partial charge on any atom is -0.265 e. The topological polar surface area (TPSA) is 80.0 Å². The summed E-state index contributed by atoms with van der Waals surface area (Å²) >= 11 is 0. The van der Waals surface area contributed by atoms with Gasteiger partial charge in [-0.05, 0) is 229 Å². The van der Waals surface area contributed by atoms with Crippen LogP contribution in [0.15, 0.2) is 262 Å². The Bertz CT molecular complexity index is 5180. The van der Waals surface area contributed by atoms with Gasteiger partial charge in [0.25, 0.3) is 0 Å². The number of nitrogens with zero attached hydrogens (tertiary/aromatic N) is 9. The van der Waals surface area contributed by atoms with Crippen molar-refractivity contribution in [3.63, 3.8) is 0 Å². The van der Waals surface area contributed by atoms with E-state index in [1.54, 1.807) is 12.5 Å². The molecular weight excluding hydrogens is 1270 g/mol. The van der Waals surface area contributed by atoms with Gasteiger partial charge in [0, 0.05) is 125 Å². The number of benzene rings is 8. The van der Waals surface area contributed by atoms with Crippen molar-refractivity contribution in [2.45, 2.75) is 83.1 Å². The van der Waals surface area contributed by atoms with E-state index in [0.29, 0.717) is 0 Å². The first-order valence-electron chi connectivity index (χ1n) is 35.7. The van der Waals surface area contributed by atoms with E-state index in [1.165, 1.54) is 178 Å². The predicted octanol–water partition coefficient (Wildman–Crippen LogP) is 20.7. The molecule has 0 spiro atoms. The van der Waals surface area contributed by atoms with Gasteiger partial charge < -0.3 is 0 Å². The van der Waals surface area contributed by atoms with Crippen LogP contribution in [0.1, 0.15) is 66.8 Å². The third kappa shape index (κ3) is 14.2. The fourth-order valence-electron chi connectivity index (χ4n) is 15.0. The smallest absolute Gasteiger partial charge is 0.213 e. The van der Waals surface area contributed by atoms with Crippen LogP contribution >= 0.6 is 0 Å². The highest BCUT2D eigenvalue weighted by molar-refractivity contribution is 5.96. The number of hydrogen-bond donors (Lipinski definition) is 0. The normalized spacial score (nSPS) is 11.1. The van der Waals surface area contributed by atoms with Crippen LogP contribution in [0.5, 0.6) is 0 Å². The van der Waals surface area contributed by atoms with Crippen molar-refractivity contribution in [1.29, 1.82) is 0 Å². The summed E-state index contributed by atoms with van der Waals surface area (Å²) in [6.07, 6.45) is 12.7. The molecule has 0 N–H and O–H groups in total. The molecule has 512 valence electrons. The van der Waals surface area contributed by atoms with Gasteiger partial charge in [0.05, 0.1) is 32.9 Å². The molecule has 16 rings (SSSR count). The van der Waals surface area contributed by atoms with E-state index in [9.17, 15) is 0 Å². The molecule has 0 atom stereocenters. The summed E-state index contributed by atoms with van der Waals surface area (Å²) in [6.45, 7) is 26.2. The number of aryl methyl sites for hydroxylation is 12. The molecule has 8 aromatic heterocycles. The van der Waals surface area contributed by atoms with Gasteiger partial charge in [-0.2, -0.15) is 18.3 Å². The molecule has 0 aliphatic heterocycles. The lowest BCUT2D eigenvalue weighted by Gasteiger charge is -2.11. The fraction of sp³-hybridized carbons (Fsp3) is 0.168. The summed E-state index contributed by atoms with van der Waals surface area (Å²) < 4.78 is 9.18. The quantitative estimate of drug-likeness (QED) is 0.142. The molecule has 0 aliphatic carbocycles. The Balaban J connectivity index is 0.000000123. The summed E-state index contributed by atoms with van der Waals surface area (Å²) in [6, 6.07) is 78.1. The molecule has 0 saturated heterocycles. The van der Waals surface area contributed by atoms with Crippen LogP contribution in [-0.4, -0.2) is 24.9 Å². The highest BCUT2D eigenvalue weighted by Crippen LogP contribution is 2.36. The van der Waals surface area contributed by atoms with E-state index in [4.69, 9.17) is 0 Å². The maximum atomic E-state index is 4.54. The lowest BCUT2D eigenvalue weighted by molar-refractivity contribution is -0.633. The van der Waals surface area contributed by atoms with Crippen LogP contribution in [0.25, 0.3) is 133 Å². The molecule has 8 heterocycles. The average Bonchev–Trinajstić information content (AvgIpc) is 0.783. The maximum absolute atomic E-state index is 4.54. The van der Waals surface area contributed by atoms with Gasteiger partial charge in [-0.15, -0.1) is 0 Å². The Labute approximate surface area is 612 Å². The van der Waals surface area contributed by atoms with Crippen LogP contribution in [0.3, 0.4) is 0 Å². The van der Waals surface area contributed by atoms with Crippen LogP contribution in [0.2, 0.25) is 0 Å². The first-order valence-corrected chi connectivity index (χ1v) is 35.7. The van der Waals surface area contributed by atoms with Gasteiger partial charge in [-0.1, -0.05) is 107 Å². The van der Waals surface area contributed by atoms with Crippen molar-refractivity contribution in [1.82, 2.24) is 24.9 Å². The van der Waals surface area contributed by atoms with Gasteiger partial charge in [-0.25, -0.2) is 9.97 Å². The Morgan fingerprint density at radius 2 is 0.596 bits per heavy atom. The van der Waals surface area contributed by atoms with Crippen molar-refractivity contribution >= 4 is 43.6 Å². The molecule has 0 bridgehead atoms. The zero-order valence-corrected chi connectivity index (χ0v) is 62.9. The fourth-order valence-corrected chi connectivity index (χ4v) is 15.0. The third-order valence-electron chi connectivity index (χ3n) is 21.0. The SMILES string of the molecule is Cc1cc(C)c(C)c(-c2ccc3c(-c4ccccn4)cccc3[n+]2C)c1.Cc1cc(C)c(C)c(-c2ccc3c(-c4cccnc4)cccc3[n+]2C)c1.Cc1cc(C)c(C)c(-c2ccc3c(-c4ccncc4)cccc3[n+]2C)c1.Cc1cc(C)c(C)c(-c2ccc3c(-c4ccncn4)cccc3[n+]2C)c1. The number of rotatable bonds is 8. The first kappa shape index (κ1) is 70.4. The zero-order valence-electron chi connectivity index (χ0n) is 62.9. The first-order chi connectivity index (χ1) is 50.2. The highest BCUT2D eigenvalue weighted by Gasteiger charge is 2.24. The van der Waals surface area contributed by atoms with Gasteiger partial charge >= 0.3 is 0 Å². The molecule has 104 heavy (non-hydrogen) atoms. The number of hydrogen-bond acceptors (Lipinski definition) is 5. The minimum atomic E-state index is 0.945. The Hall–Kier alpha value is -12.1. The third-order valence-corrected chi connectivity index (χ3v) is 21.0. The molecule has 9 heteroatoms.